The number of aromatic nitrogens is 3. The van der Waals surface area contributed by atoms with Crippen LogP contribution in [0.2, 0.25) is 0 Å². The fraction of sp³-hybridized carbons (Fsp3) is 0.423. The summed E-state index contributed by atoms with van der Waals surface area (Å²) in [6.45, 7) is 4.62. The molecule has 1 atom stereocenters. The average molecular weight is 498 g/mol. The van der Waals surface area contributed by atoms with Crippen molar-refractivity contribution < 1.29 is 13.9 Å². The quantitative estimate of drug-likeness (QED) is 0.399. The summed E-state index contributed by atoms with van der Waals surface area (Å²) in [5.74, 6) is 1.45. The third-order valence-electron chi connectivity index (χ3n) is 6.41. The number of carbonyl (C=O) groups is 1. The van der Waals surface area contributed by atoms with Crippen LogP contribution in [0.1, 0.15) is 43.6 Å². The van der Waals surface area contributed by atoms with Crippen molar-refractivity contribution in [3.63, 3.8) is 0 Å². The Morgan fingerprint density at radius 1 is 1.11 bits per heavy atom. The second-order valence-corrected chi connectivity index (χ2v) is 9.72. The molecule has 0 saturated carbocycles. The summed E-state index contributed by atoms with van der Waals surface area (Å²) in [6, 6.07) is 14.1. The van der Waals surface area contributed by atoms with Gasteiger partial charge in [-0.05, 0) is 63.2 Å². The van der Waals surface area contributed by atoms with Gasteiger partial charge in [0.25, 0.3) is 0 Å². The molecule has 0 bridgehead atoms. The topological polar surface area (TPSA) is 63.5 Å². The first-order valence-corrected chi connectivity index (χ1v) is 12.9. The van der Waals surface area contributed by atoms with Crippen molar-refractivity contribution >= 4 is 17.7 Å². The molecule has 1 aliphatic heterocycles. The number of halogens is 1. The van der Waals surface area contributed by atoms with Gasteiger partial charge in [-0.25, -0.2) is 4.39 Å². The number of hydrogen-bond donors (Lipinski definition) is 0. The number of thioether (sulfide) groups is 1. The second kappa shape index (κ2) is 11.7. The maximum absolute atomic E-state index is 13.6. The molecule has 1 saturated heterocycles. The molecule has 2 aromatic carbocycles. The molecular formula is C26H32FN5O2S. The summed E-state index contributed by atoms with van der Waals surface area (Å²) >= 11 is 1.34. The highest BCUT2D eigenvalue weighted by atomic mass is 32.2. The van der Waals surface area contributed by atoms with E-state index >= 15 is 0 Å². The van der Waals surface area contributed by atoms with E-state index < -0.39 is 0 Å². The van der Waals surface area contributed by atoms with Crippen LogP contribution in [-0.2, 0) is 11.3 Å². The van der Waals surface area contributed by atoms with Crippen molar-refractivity contribution in [2.75, 3.05) is 33.0 Å². The van der Waals surface area contributed by atoms with Crippen LogP contribution in [0.5, 0.6) is 5.75 Å². The lowest BCUT2D eigenvalue weighted by molar-refractivity contribution is -0.127. The summed E-state index contributed by atoms with van der Waals surface area (Å²) in [6.07, 6.45) is 3.59. The molecule has 2 heterocycles. The predicted octanol–water partition coefficient (Wildman–Crippen LogP) is 4.71. The van der Waals surface area contributed by atoms with Gasteiger partial charge in [-0.15, -0.1) is 10.2 Å². The summed E-state index contributed by atoms with van der Waals surface area (Å²) in [5, 5.41) is 9.58. The summed E-state index contributed by atoms with van der Waals surface area (Å²) in [5.41, 5.74) is 1.73. The molecule has 186 valence electrons. The first kappa shape index (κ1) is 25.2. The Hall–Kier alpha value is -2.91. The number of hydrogen-bond acceptors (Lipinski definition) is 6. The minimum Gasteiger partial charge on any atom is -0.496 e. The number of methoxy groups -OCH3 is 1. The van der Waals surface area contributed by atoms with Crippen molar-refractivity contribution in [1.29, 1.82) is 0 Å². The molecule has 0 aliphatic carbocycles. The molecule has 1 fully saturated rings. The number of nitrogens with zero attached hydrogens (tertiary/aromatic N) is 5. The van der Waals surface area contributed by atoms with E-state index in [1.165, 1.54) is 43.2 Å². The van der Waals surface area contributed by atoms with Gasteiger partial charge in [-0.1, -0.05) is 36.4 Å². The fourth-order valence-electron chi connectivity index (χ4n) is 4.36. The van der Waals surface area contributed by atoms with Gasteiger partial charge in [0.1, 0.15) is 11.6 Å². The number of amides is 1. The van der Waals surface area contributed by atoms with Crippen molar-refractivity contribution in [2.24, 2.45) is 0 Å². The Morgan fingerprint density at radius 3 is 2.54 bits per heavy atom. The zero-order valence-electron chi connectivity index (χ0n) is 20.5. The Balaban J connectivity index is 1.52. The van der Waals surface area contributed by atoms with Crippen LogP contribution in [0.4, 0.5) is 4.39 Å². The van der Waals surface area contributed by atoms with E-state index in [0.29, 0.717) is 11.7 Å². The molecule has 9 heteroatoms. The van der Waals surface area contributed by atoms with E-state index in [1.807, 2.05) is 28.8 Å². The van der Waals surface area contributed by atoms with Crippen molar-refractivity contribution in [3.05, 3.63) is 65.7 Å². The van der Waals surface area contributed by atoms with Crippen LogP contribution in [0.25, 0.3) is 5.69 Å². The predicted molar refractivity (Wildman–Crippen MR) is 135 cm³/mol. The molecule has 1 aliphatic rings. The minimum atomic E-state index is -0.296. The van der Waals surface area contributed by atoms with Crippen molar-refractivity contribution in [2.45, 2.75) is 43.9 Å². The van der Waals surface area contributed by atoms with Crippen LogP contribution >= 0.6 is 11.8 Å². The molecule has 3 aromatic rings. The molecule has 1 unspecified atom stereocenters. The van der Waals surface area contributed by atoms with E-state index in [1.54, 1.807) is 31.2 Å². The Morgan fingerprint density at radius 2 is 1.83 bits per heavy atom. The highest BCUT2D eigenvalue weighted by molar-refractivity contribution is 7.99. The molecule has 0 radical (unpaired) electrons. The fourth-order valence-corrected chi connectivity index (χ4v) is 5.26. The number of para-hydroxylation sites is 1. The first-order valence-electron chi connectivity index (χ1n) is 11.9. The van der Waals surface area contributed by atoms with E-state index in [9.17, 15) is 9.18 Å². The number of rotatable bonds is 9. The number of carbonyl (C=O) groups excluding carboxylic acids is 1. The highest BCUT2D eigenvalue weighted by Crippen LogP contribution is 2.30. The van der Waals surface area contributed by atoms with Crippen molar-refractivity contribution in [3.8, 4) is 11.4 Å². The van der Waals surface area contributed by atoms with E-state index in [0.717, 1.165) is 35.9 Å². The Labute approximate surface area is 210 Å². The molecule has 4 rings (SSSR count). The maximum atomic E-state index is 13.6. The molecular weight excluding hydrogens is 465 g/mol. The third-order valence-corrected chi connectivity index (χ3v) is 7.32. The molecule has 0 spiro atoms. The zero-order valence-corrected chi connectivity index (χ0v) is 21.3. The van der Waals surface area contributed by atoms with Crippen LogP contribution < -0.4 is 4.74 Å². The van der Waals surface area contributed by atoms with Gasteiger partial charge >= 0.3 is 0 Å². The molecule has 1 aromatic heterocycles. The summed E-state index contributed by atoms with van der Waals surface area (Å²) in [4.78, 5) is 17.0. The van der Waals surface area contributed by atoms with Gasteiger partial charge in [0.05, 0.1) is 18.9 Å². The Kier molecular flexibility index (Phi) is 8.41. The van der Waals surface area contributed by atoms with Gasteiger partial charge in [-0.3, -0.25) is 14.3 Å². The van der Waals surface area contributed by atoms with Gasteiger partial charge in [0, 0.05) is 24.8 Å². The van der Waals surface area contributed by atoms with Crippen LogP contribution in [-0.4, -0.2) is 63.5 Å². The number of piperidine rings is 1. The number of ether oxygens (including phenoxy) is 1. The smallest absolute Gasteiger partial charge is 0.233 e. The van der Waals surface area contributed by atoms with Crippen LogP contribution in [0, 0.1) is 5.82 Å². The van der Waals surface area contributed by atoms with E-state index in [4.69, 9.17) is 4.74 Å². The second-order valence-electron chi connectivity index (χ2n) is 8.78. The number of benzene rings is 2. The van der Waals surface area contributed by atoms with Gasteiger partial charge in [-0.2, -0.15) is 0 Å². The lowest BCUT2D eigenvalue weighted by Crippen LogP contribution is -2.33. The molecule has 35 heavy (non-hydrogen) atoms. The number of likely N-dealkylation sites (tertiary alicyclic amines) is 1. The van der Waals surface area contributed by atoms with Gasteiger partial charge in [0.15, 0.2) is 11.0 Å². The van der Waals surface area contributed by atoms with Crippen LogP contribution in [0.3, 0.4) is 0 Å². The largest absolute Gasteiger partial charge is 0.496 e. The van der Waals surface area contributed by atoms with E-state index in [2.05, 4.69) is 22.0 Å². The maximum Gasteiger partial charge on any atom is 0.233 e. The third kappa shape index (κ3) is 6.02. The molecule has 7 nitrogen and oxygen atoms in total. The average Bonchev–Trinajstić information content (AvgIpc) is 3.32. The first-order chi connectivity index (χ1) is 17.0. The van der Waals surface area contributed by atoms with E-state index in [-0.39, 0.29) is 23.5 Å². The summed E-state index contributed by atoms with van der Waals surface area (Å²) in [7, 11) is 3.41. The van der Waals surface area contributed by atoms with Crippen molar-refractivity contribution in [1.82, 2.24) is 24.6 Å². The summed E-state index contributed by atoms with van der Waals surface area (Å²) < 4.78 is 21.0. The lowest BCUT2D eigenvalue weighted by atomic mass is 10.1. The van der Waals surface area contributed by atoms with Gasteiger partial charge < -0.3 is 9.64 Å². The molecule has 1 amide bonds. The van der Waals surface area contributed by atoms with Gasteiger partial charge in [0.2, 0.25) is 5.91 Å². The zero-order chi connectivity index (χ0) is 24.8. The standard InChI is InChI=1S/C26H32FN5O2S/c1-19(31-15-7-4-8-16-31)25-28-29-26(32(25)22-13-11-21(27)12-14-22)35-18-24(33)30(2)17-20-9-5-6-10-23(20)34-3/h5-6,9-14,19H,4,7-8,15-18H2,1-3H3. The SMILES string of the molecule is COc1ccccc1CN(C)C(=O)CSc1nnc(C(C)N2CCCCC2)n1-c1ccc(F)cc1. The normalized spacial score (nSPS) is 15.1. The minimum absolute atomic E-state index is 0.0276. The Bertz CT molecular complexity index is 1130. The monoisotopic (exact) mass is 497 g/mol. The highest BCUT2D eigenvalue weighted by Gasteiger charge is 2.26. The lowest BCUT2D eigenvalue weighted by Gasteiger charge is -2.31. The molecule has 0 N–H and O–H groups in total. The van der Waals surface area contributed by atoms with Crippen LogP contribution in [0.15, 0.2) is 53.7 Å².